The van der Waals surface area contributed by atoms with Gasteiger partial charge in [-0.05, 0) is 73.5 Å². The Morgan fingerprint density at radius 2 is 1.65 bits per heavy atom. The highest BCUT2D eigenvalue weighted by atomic mass is 35.5. The number of anilines is 2. The molecule has 6 heteroatoms. The first-order valence-corrected chi connectivity index (χ1v) is 11.8. The van der Waals surface area contributed by atoms with Crippen LogP contribution in [0.4, 0.5) is 11.4 Å². The number of amides is 2. The molecule has 176 valence electrons. The summed E-state index contributed by atoms with van der Waals surface area (Å²) in [6, 6.07) is 22.0. The van der Waals surface area contributed by atoms with Crippen LogP contribution in [0.25, 0.3) is 0 Å². The molecule has 5 nitrogen and oxygen atoms in total. The molecule has 0 aliphatic carbocycles. The summed E-state index contributed by atoms with van der Waals surface area (Å²) in [6.45, 7) is 5.84. The van der Waals surface area contributed by atoms with Gasteiger partial charge in [0.05, 0.1) is 13.2 Å². The molecule has 0 bridgehead atoms. The molecule has 3 aromatic rings. The average molecular weight is 477 g/mol. The molecular weight excluding hydrogens is 448 g/mol. The number of hydrogen-bond acceptors (Lipinski definition) is 3. The van der Waals surface area contributed by atoms with E-state index in [-0.39, 0.29) is 29.8 Å². The summed E-state index contributed by atoms with van der Waals surface area (Å²) in [7, 11) is 1.60. The summed E-state index contributed by atoms with van der Waals surface area (Å²) in [5.74, 6) is 0.477. The van der Waals surface area contributed by atoms with Crippen molar-refractivity contribution in [2.45, 2.75) is 39.3 Å². The SMILES string of the molecule is COc1ccc(C(=O)N2c3ccccc3C(N(C(=O)C(C)C)c3ccc(Cl)cc3)CC2C)cc1. The zero-order chi connectivity index (χ0) is 24.4. The second-order valence-electron chi connectivity index (χ2n) is 8.90. The molecule has 2 unspecified atom stereocenters. The quantitative estimate of drug-likeness (QED) is 0.421. The van der Waals surface area contributed by atoms with E-state index in [0.717, 1.165) is 16.9 Å². The van der Waals surface area contributed by atoms with Gasteiger partial charge in [-0.1, -0.05) is 43.6 Å². The molecule has 0 spiro atoms. The summed E-state index contributed by atoms with van der Waals surface area (Å²) in [6.07, 6.45) is 0.611. The molecule has 1 heterocycles. The first-order chi connectivity index (χ1) is 16.3. The Hall–Kier alpha value is -3.31. The molecule has 0 saturated carbocycles. The molecule has 0 radical (unpaired) electrons. The molecule has 2 amide bonds. The van der Waals surface area contributed by atoms with E-state index in [1.54, 1.807) is 43.5 Å². The van der Waals surface area contributed by atoms with Crippen molar-refractivity contribution in [1.29, 1.82) is 0 Å². The lowest BCUT2D eigenvalue weighted by molar-refractivity contribution is -0.122. The smallest absolute Gasteiger partial charge is 0.258 e. The Kier molecular flexibility index (Phi) is 6.94. The Balaban J connectivity index is 1.77. The van der Waals surface area contributed by atoms with E-state index in [9.17, 15) is 9.59 Å². The highest BCUT2D eigenvalue weighted by Gasteiger charge is 2.39. The van der Waals surface area contributed by atoms with Crippen LogP contribution in [0.5, 0.6) is 5.75 Å². The fourth-order valence-electron chi connectivity index (χ4n) is 4.55. The van der Waals surface area contributed by atoms with Gasteiger partial charge in [0, 0.05) is 33.9 Å². The van der Waals surface area contributed by atoms with Crippen LogP contribution < -0.4 is 14.5 Å². The van der Waals surface area contributed by atoms with Gasteiger partial charge in [0.1, 0.15) is 5.75 Å². The number of carbonyl (C=O) groups excluding carboxylic acids is 2. The number of ether oxygens (including phenoxy) is 1. The Morgan fingerprint density at radius 3 is 2.26 bits per heavy atom. The standard InChI is InChI=1S/C28H29ClN2O3/c1-18(2)27(32)31(22-13-11-21(29)12-14-22)26-17-19(3)30(25-8-6-5-7-24(25)26)28(33)20-9-15-23(34-4)16-10-20/h5-16,18-19,26H,17H2,1-4H3. The molecule has 0 aromatic heterocycles. The summed E-state index contributed by atoms with van der Waals surface area (Å²) in [5.41, 5.74) is 3.16. The van der Waals surface area contributed by atoms with E-state index in [1.807, 2.05) is 67.0 Å². The minimum absolute atomic E-state index is 0.0317. The highest BCUT2D eigenvalue weighted by molar-refractivity contribution is 6.30. The number of rotatable bonds is 5. The van der Waals surface area contributed by atoms with Gasteiger partial charge in [0.2, 0.25) is 5.91 Å². The maximum atomic E-state index is 13.6. The number of halogens is 1. The van der Waals surface area contributed by atoms with Crippen LogP contribution >= 0.6 is 11.6 Å². The summed E-state index contributed by atoms with van der Waals surface area (Å²) in [4.78, 5) is 30.7. The number of methoxy groups -OCH3 is 1. The van der Waals surface area contributed by atoms with Crippen LogP contribution in [0, 0.1) is 5.92 Å². The largest absolute Gasteiger partial charge is 0.497 e. The lowest BCUT2D eigenvalue weighted by atomic mass is 9.89. The zero-order valence-corrected chi connectivity index (χ0v) is 20.6. The van der Waals surface area contributed by atoms with Crippen molar-refractivity contribution < 1.29 is 14.3 Å². The molecule has 1 aliphatic heterocycles. The molecule has 0 fully saturated rings. The molecular formula is C28H29ClN2O3. The van der Waals surface area contributed by atoms with Crippen LogP contribution in [0.3, 0.4) is 0 Å². The van der Waals surface area contributed by atoms with Crippen LogP contribution in [-0.4, -0.2) is 25.0 Å². The van der Waals surface area contributed by atoms with E-state index in [0.29, 0.717) is 22.8 Å². The fourth-order valence-corrected chi connectivity index (χ4v) is 4.67. The third kappa shape index (κ3) is 4.53. The van der Waals surface area contributed by atoms with Gasteiger partial charge >= 0.3 is 0 Å². The van der Waals surface area contributed by atoms with Crippen molar-refractivity contribution in [3.63, 3.8) is 0 Å². The first-order valence-electron chi connectivity index (χ1n) is 11.5. The minimum Gasteiger partial charge on any atom is -0.497 e. The molecule has 3 aromatic carbocycles. The predicted molar refractivity (Wildman–Crippen MR) is 137 cm³/mol. The highest BCUT2D eigenvalue weighted by Crippen LogP contribution is 2.43. The van der Waals surface area contributed by atoms with Gasteiger partial charge in [-0.2, -0.15) is 0 Å². The third-order valence-corrected chi connectivity index (χ3v) is 6.52. The zero-order valence-electron chi connectivity index (χ0n) is 19.9. The monoisotopic (exact) mass is 476 g/mol. The van der Waals surface area contributed by atoms with Gasteiger partial charge in [-0.15, -0.1) is 0 Å². The van der Waals surface area contributed by atoms with E-state index < -0.39 is 0 Å². The van der Waals surface area contributed by atoms with Gasteiger partial charge in [0.25, 0.3) is 5.91 Å². The molecule has 0 saturated heterocycles. The van der Waals surface area contributed by atoms with Crippen molar-refractivity contribution >= 4 is 34.8 Å². The van der Waals surface area contributed by atoms with E-state index >= 15 is 0 Å². The maximum absolute atomic E-state index is 13.6. The summed E-state index contributed by atoms with van der Waals surface area (Å²) < 4.78 is 5.23. The van der Waals surface area contributed by atoms with Crippen molar-refractivity contribution in [3.05, 3.63) is 88.9 Å². The van der Waals surface area contributed by atoms with Crippen molar-refractivity contribution in [2.24, 2.45) is 5.92 Å². The molecule has 4 rings (SSSR count). The van der Waals surface area contributed by atoms with E-state index in [1.165, 1.54) is 0 Å². The number of para-hydroxylation sites is 1. The van der Waals surface area contributed by atoms with Gasteiger partial charge in [0.15, 0.2) is 0 Å². The Labute approximate surface area is 205 Å². The van der Waals surface area contributed by atoms with Crippen LogP contribution in [-0.2, 0) is 4.79 Å². The normalized spacial score (nSPS) is 17.3. The topological polar surface area (TPSA) is 49.9 Å². The van der Waals surface area contributed by atoms with E-state index in [2.05, 4.69) is 0 Å². The third-order valence-electron chi connectivity index (χ3n) is 6.26. The first kappa shape index (κ1) is 23.8. The molecule has 2 atom stereocenters. The molecule has 34 heavy (non-hydrogen) atoms. The van der Waals surface area contributed by atoms with Crippen LogP contribution in [0.15, 0.2) is 72.8 Å². The Morgan fingerprint density at radius 1 is 1.00 bits per heavy atom. The lowest BCUT2D eigenvalue weighted by Gasteiger charge is -2.44. The van der Waals surface area contributed by atoms with Crippen LogP contribution in [0.1, 0.15) is 49.2 Å². The van der Waals surface area contributed by atoms with E-state index in [4.69, 9.17) is 16.3 Å². The Bertz CT molecular complexity index is 1180. The second kappa shape index (κ2) is 9.90. The summed E-state index contributed by atoms with van der Waals surface area (Å²) >= 11 is 6.12. The second-order valence-corrected chi connectivity index (χ2v) is 9.34. The predicted octanol–water partition coefficient (Wildman–Crippen LogP) is 6.52. The average Bonchev–Trinajstić information content (AvgIpc) is 2.85. The number of carbonyl (C=O) groups is 2. The van der Waals surface area contributed by atoms with Gasteiger partial charge < -0.3 is 14.5 Å². The van der Waals surface area contributed by atoms with Crippen molar-refractivity contribution in [2.75, 3.05) is 16.9 Å². The maximum Gasteiger partial charge on any atom is 0.258 e. The van der Waals surface area contributed by atoms with Crippen LogP contribution in [0.2, 0.25) is 5.02 Å². The summed E-state index contributed by atoms with van der Waals surface area (Å²) in [5, 5.41) is 0.620. The number of nitrogens with zero attached hydrogens (tertiary/aromatic N) is 2. The fraction of sp³-hybridized carbons (Fsp3) is 0.286. The number of hydrogen-bond donors (Lipinski definition) is 0. The molecule has 0 N–H and O–H groups in total. The lowest BCUT2D eigenvalue weighted by Crippen LogP contribution is -2.48. The van der Waals surface area contributed by atoms with Crippen molar-refractivity contribution in [1.82, 2.24) is 0 Å². The molecule has 1 aliphatic rings. The van der Waals surface area contributed by atoms with Gasteiger partial charge in [-0.3, -0.25) is 9.59 Å². The number of fused-ring (bicyclic) bond motifs is 1. The number of benzene rings is 3. The van der Waals surface area contributed by atoms with Gasteiger partial charge in [-0.25, -0.2) is 0 Å². The van der Waals surface area contributed by atoms with Crippen molar-refractivity contribution in [3.8, 4) is 5.75 Å². The minimum atomic E-state index is -0.206.